The van der Waals surface area contributed by atoms with E-state index in [4.69, 9.17) is 0 Å². The molecule has 1 heterocycles. The molecule has 2 N–H and O–H groups in total. The van der Waals surface area contributed by atoms with Crippen LogP contribution in [0.15, 0.2) is 0 Å². The van der Waals surface area contributed by atoms with Crippen molar-refractivity contribution in [3.8, 4) is 0 Å². The second kappa shape index (κ2) is 5.98. The Bertz CT molecular complexity index is 491. The van der Waals surface area contributed by atoms with Gasteiger partial charge in [0.2, 0.25) is 5.91 Å². The molecular weight excluding hydrogens is 262 g/mol. The third-order valence-electron chi connectivity index (χ3n) is 3.77. The highest BCUT2D eigenvalue weighted by atomic mass is 16.4. The molecule has 1 aromatic heterocycles. The predicted octanol–water partition coefficient (Wildman–Crippen LogP) is 0.964. The van der Waals surface area contributed by atoms with Gasteiger partial charge in [-0.3, -0.25) is 14.9 Å². The molecule has 8 heteroatoms. The van der Waals surface area contributed by atoms with Crippen molar-refractivity contribution in [2.75, 3.05) is 5.32 Å². The molecule has 20 heavy (non-hydrogen) atoms. The van der Waals surface area contributed by atoms with Gasteiger partial charge in [-0.15, -0.1) is 5.10 Å². The molecule has 0 aliphatic heterocycles. The van der Waals surface area contributed by atoms with Gasteiger partial charge in [-0.25, -0.2) is 0 Å². The zero-order valence-electron chi connectivity index (χ0n) is 11.5. The van der Waals surface area contributed by atoms with Gasteiger partial charge in [0, 0.05) is 6.42 Å². The summed E-state index contributed by atoms with van der Waals surface area (Å²) >= 11 is 0. The Morgan fingerprint density at radius 3 is 2.45 bits per heavy atom. The number of aryl methyl sites for hydroxylation is 1. The van der Waals surface area contributed by atoms with E-state index >= 15 is 0 Å². The number of nitrogens with zero attached hydrogens (tertiary/aromatic N) is 4. The van der Waals surface area contributed by atoms with Crippen molar-refractivity contribution in [3.05, 3.63) is 0 Å². The van der Waals surface area contributed by atoms with Crippen molar-refractivity contribution >= 4 is 17.8 Å². The molecule has 1 aliphatic carbocycles. The molecule has 1 aliphatic rings. The van der Waals surface area contributed by atoms with Crippen LogP contribution in [0.4, 0.5) is 5.95 Å². The molecule has 2 rings (SSSR count). The van der Waals surface area contributed by atoms with Gasteiger partial charge >= 0.3 is 5.97 Å². The Hall–Kier alpha value is -1.99. The van der Waals surface area contributed by atoms with Gasteiger partial charge < -0.3 is 5.11 Å². The van der Waals surface area contributed by atoms with Crippen LogP contribution in [0.1, 0.15) is 44.9 Å². The molecule has 1 amide bonds. The SMILES string of the molecule is Cn1nnc(NC(=O)CC2(C(=O)O)CCCCCC2)n1. The summed E-state index contributed by atoms with van der Waals surface area (Å²) in [5.74, 6) is -1.16. The number of amides is 1. The summed E-state index contributed by atoms with van der Waals surface area (Å²) in [6.07, 6.45) is 4.81. The molecule has 0 radical (unpaired) electrons. The normalized spacial score (nSPS) is 18.2. The lowest BCUT2D eigenvalue weighted by molar-refractivity contribution is -0.152. The van der Waals surface area contributed by atoms with E-state index in [2.05, 4.69) is 20.7 Å². The highest BCUT2D eigenvalue weighted by molar-refractivity contribution is 5.92. The number of tetrazole rings is 1. The molecule has 0 unspecified atom stereocenters. The lowest BCUT2D eigenvalue weighted by Crippen LogP contribution is -2.35. The molecule has 0 saturated heterocycles. The number of carbonyl (C=O) groups excluding carboxylic acids is 1. The van der Waals surface area contributed by atoms with Crippen molar-refractivity contribution < 1.29 is 14.7 Å². The second-order valence-electron chi connectivity index (χ2n) is 5.33. The Morgan fingerprint density at radius 2 is 1.95 bits per heavy atom. The van der Waals surface area contributed by atoms with Gasteiger partial charge in [0.05, 0.1) is 12.5 Å². The van der Waals surface area contributed by atoms with Crippen molar-refractivity contribution in [2.45, 2.75) is 44.9 Å². The molecule has 0 spiro atoms. The summed E-state index contributed by atoms with van der Waals surface area (Å²) < 4.78 is 0. The molecule has 1 fully saturated rings. The van der Waals surface area contributed by atoms with Crippen LogP contribution in [0.5, 0.6) is 0 Å². The summed E-state index contributed by atoms with van der Waals surface area (Å²) in [6, 6.07) is 0. The van der Waals surface area contributed by atoms with Gasteiger partial charge in [-0.2, -0.15) is 4.80 Å². The molecule has 0 bridgehead atoms. The third kappa shape index (κ3) is 3.31. The van der Waals surface area contributed by atoms with Crippen LogP contribution in [0.2, 0.25) is 0 Å². The number of rotatable bonds is 4. The Labute approximate surface area is 116 Å². The summed E-state index contributed by atoms with van der Waals surface area (Å²) in [7, 11) is 1.59. The Morgan fingerprint density at radius 1 is 1.30 bits per heavy atom. The minimum atomic E-state index is -0.956. The van der Waals surface area contributed by atoms with E-state index in [1.807, 2.05) is 0 Å². The van der Waals surface area contributed by atoms with Crippen molar-refractivity contribution in [1.82, 2.24) is 20.2 Å². The summed E-state index contributed by atoms with van der Waals surface area (Å²) in [4.78, 5) is 24.8. The molecule has 0 aromatic carbocycles. The number of nitrogens with one attached hydrogen (secondary N) is 1. The van der Waals surface area contributed by atoms with Crippen LogP contribution in [0.3, 0.4) is 0 Å². The first-order chi connectivity index (χ1) is 9.52. The van der Waals surface area contributed by atoms with Crippen molar-refractivity contribution in [3.63, 3.8) is 0 Å². The minimum absolute atomic E-state index is 0.0411. The average molecular weight is 281 g/mol. The summed E-state index contributed by atoms with van der Waals surface area (Å²) in [5.41, 5.74) is -0.956. The van der Waals surface area contributed by atoms with E-state index in [0.717, 1.165) is 25.7 Å². The molecule has 1 saturated carbocycles. The van der Waals surface area contributed by atoms with E-state index in [9.17, 15) is 14.7 Å². The lowest BCUT2D eigenvalue weighted by Gasteiger charge is -2.26. The summed E-state index contributed by atoms with van der Waals surface area (Å²) in [5, 5.41) is 23.1. The van der Waals surface area contributed by atoms with Crippen LogP contribution < -0.4 is 5.32 Å². The van der Waals surface area contributed by atoms with Gasteiger partial charge in [0.15, 0.2) is 0 Å². The first-order valence-electron chi connectivity index (χ1n) is 6.79. The molecule has 0 atom stereocenters. The summed E-state index contributed by atoms with van der Waals surface area (Å²) in [6.45, 7) is 0. The Kier molecular flexibility index (Phi) is 4.31. The highest BCUT2D eigenvalue weighted by Crippen LogP contribution is 2.38. The zero-order valence-corrected chi connectivity index (χ0v) is 11.5. The van der Waals surface area contributed by atoms with Gasteiger partial charge in [0.25, 0.3) is 5.95 Å². The third-order valence-corrected chi connectivity index (χ3v) is 3.77. The van der Waals surface area contributed by atoms with Gasteiger partial charge in [-0.1, -0.05) is 30.8 Å². The molecule has 110 valence electrons. The van der Waals surface area contributed by atoms with Crippen LogP contribution in [0, 0.1) is 5.41 Å². The largest absolute Gasteiger partial charge is 0.481 e. The molecular formula is C12H19N5O3. The predicted molar refractivity (Wildman–Crippen MR) is 69.8 cm³/mol. The molecule has 8 nitrogen and oxygen atoms in total. The zero-order chi connectivity index (χ0) is 14.6. The maximum Gasteiger partial charge on any atom is 0.310 e. The number of carboxylic acids is 1. The topological polar surface area (TPSA) is 110 Å². The number of aliphatic carboxylic acids is 1. The Balaban J connectivity index is 2.03. The van der Waals surface area contributed by atoms with E-state index in [0.29, 0.717) is 12.8 Å². The van der Waals surface area contributed by atoms with Gasteiger partial charge in [0.1, 0.15) is 0 Å². The highest BCUT2D eigenvalue weighted by Gasteiger charge is 2.40. The van der Waals surface area contributed by atoms with E-state index in [1.54, 1.807) is 7.05 Å². The fraction of sp³-hybridized carbons (Fsp3) is 0.750. The number of hydrogen-bond donors (Lipinski definition) is 2. The monoisotopic (exact) mass is 281 g/mol. The fourth-order valence-electron chi connectivity index (χ4n) is 2.68. The quantitative estimate of drug-likeness (QED) is 0.795. The number of anilines is 1. The average Bonchev–Trinajstić information content (AvgIpc) is 2.64. The first-order valence-corrected chi connectivity index (χ1v) is 6.79. The van der Waals surface area contributed by atoms with Crippen LogP contribution in [0.25, 0.3) is 0 Å². The van der Waals surface area contributed by atoms with Crippen LogP contribution in [-0.2, 0) is 16.6 Å². The lowest BCUT2D eigenvalue weighted by atomic mass is 9.77. The number of hydrogen-bond acceptors (Lipinski definition) is 5. The number of carboxylic acid groups (broad SMARTS) is 1. The van der Waals surface area contributed by atoms with Crippen LogP contribution >= 0.6 is 0 Å². The van der Waals surface area contributed by atoms with Gasteiger partial charge in [-0.05, 0) is 18.1 Å². The van der Waals surface area contributed by atoms with E-state index in [1.165, 1.54) is 4.80 Å². The number of carbonyl (C=O) groups is 2. The van der Waals surface area contributed by atoms with Crippen molar-refractivity contribution in [1.29, 1.82) is 0 Å². The smallest absolute Gasteiger partial charge is 0.310 e. The van der Waals surface area contributed by atoms with E-state index in [-0.39, 0.29) is 18.3 Å². The minimum Gasteiger partial charge on any atom is -0.481 e. The maximum atomic E-state index is 12.0. The van der Waals surface area contributed by atoms with E-state index < -0.39 is 11.4 Å². The fourth-order valence-corrected chi connectivity index (χ4v) is 2.68. The molecule has 1 aromatic rings. The number of aromatic nitrogens is 4. The standard InChI is InChI=1S/C12H19N5O3/c1-17-15-11(14-16-17)13-9(18)8-12(10(19)20)6-4-2-3-5-7-12/h2-8H2,1H3,(H,19,20)(H,13,15,18). The first kappa shape index (κ1) is 14.4. The van der Waals surface area contributed by atoms with Crippen molar-refractivity contribution in [2.24, 2.45) is 12.5 Å². The van der Waals surface area contributed by atoms with Crippen LogP contribution in [-0.4, -0.2) is 37.2 Å². The maximum absolute atomic E-state index is 12.0. The second-order valence-corrected chi connectivity index (χ2v) is 5.33.